The van der Waals surface area contributed by atoms with Gasteiger partial charge in [-0.1, -0.05) is 32.9 Å². The summed E-state index contributed by atoms with van der Waals surface area (Å²) in [7, 11) is 0. The second-order valence-corrected chi connectivity index (χ2v) is 9.58. The summed E-state index contributed by atoms with van der Waals surface area (Å²) >= 11 is 0. The van der Waals surface area contributed by atoms with Crippen molar-refractivity contribution in [2.75, 3.05) is 11.9 Å². The minimum Gasteiger partial charge on any atom is -0.449 e. The van der Waals surface area contributed by atoms with E-state index < -0.39 is 0 Å². The Morgan fingerprint density at radius 3 is 2.84 bits per heavy atom. The third-order valence-corrected chi connectivity index (χ3v) is 6.20. The van der Waals surface area contributed by atoms with Crippen molar-refractivity contribution >= 4 is 28.9 Å². The second-order valence-electron chi connectivity index (χ2n) is 9.58. The van der Waals surface area contributed by atoms with E-state index in [1.165, 1.54) is 11.1 Å². The average Bonchev–Trinajstić information content (AvgIpc) is 2.76. The highest BCUT2D eigenvalue weighted by atomic mass is 16.5. The Balaban J connectivity index is 1.60. The van der Waals surface area contributed by atoms with Crippen LogP contribution in [0.2, 0.25) is 0 Å². The zero-order chi connectivity index (χ0) is 22.7. The van der Waals surface area contributed by atoms with Gasteiger partial charge in [0.2, 0.25) is 0 Å². The standard InChI is InChI=1S/C26H32N4O2/c1-18-21(26(2,3)4)8-7-9-22(18)29-25-24-20(11-12-27-25)14-19(15-28-24)16-30-13-6-5-10-23(30)32-17-31/h7-9,11-12,14-15,17,23H,5-6,10,13,16H2,1-4H3,(H,27,29)/t23-/m1/s1. The molecule has 4 rings (SSSR count). The molecule has 0 radical (unpaired) electrons. The van der Waals surface area contributed by atoms with Crippen molar-refractivity contribution < 1.29 is 9.53 Å². The van der Waals surface area contributed by atoms with Gasteiger partial charge in [0.25, 0.3) is 6.47 Å². The van der Waals surface area contributed by atoms with Crippen molar-refractivity contribution in [2.24, 2.45) is 0 Å². The third kappa shape index (κ3) is 4.75. The highest BCUT2D eigenvalue weighted by molar-refractivity contribution is 5.90. The molecular formula is C26H32N4O2. The van der Waals surface area contributed by atoms with Crippen LogP contribution >= 0.6 is 0 Å². The number of benzene rings is 1. The van der Waals surface area contributed by atoms with Gasteiger partial charge in [0.05, 0.1) is 0 Å². The molecule has 0 spiro atoms. The molecule has 0 bridgehead atoms. The summed E-state index contributed by atoms with van der Waals surface area (Å²) in [5.74, 6) is 0.753. The molecule has 0 unspecified atom stereocenters. The number of nitrogens with zero attached hydrogens (tertiary/aromatic N) is 3. The maximum Gasteiger partial charge on any atom is 0.294 e. The smallest absolute Gasteiger partial charge is 0.294 e. The Morgan fingerprint density at radius 1 is 1.22 bits per heavy atom. The Kier molecular flexibility index (Phi) is 6.42. The molecule has 32 heavy (non-hydrogen) atoms. The Labute approximate surface area is 190 Å². The van der Waals surface area contributed by atoms with Gasteiger partial charge in [0.15, 0.2) is 12.0 Å². The van der Waals surface area contributed by atoms with Crippen LogP contribution in [-0.4, -0.2) is 34.1 Å². The number of rotatable bonds is 6. The summed E-state index contributed by atoms with van der Waals surface area (Å²) in [5, 5.41) is 4.55. The largest absolute Gasteiger partial charge is 0.449 e. The van der Waals surface area contributed by atoms with E-state index in [4.69, 9.17) is 9.72 Å². The lowest BCUT2D eigenvalue weighted by molar-refractivity contribution is -0.147. The van der Waals surface area contributed by atoms with Gasteiger partial charge in [0.1, 0.15) is 5.52 Å². The maximum absolute atomic E-state index is 10.9. The van der Waals surface area contributed by atoms with Gasteiger partial charge in [-0.3, -0.25) is 14.7 Å². The van der Waals surface area contributed by atoms with Crippen molar-refractivity contribution in [1.82, 2.24) is 14.9 Å². The minimum atomic E-state index is -0.148. The molecule has 3 heterocycles. The molecule has 1 aliphatic rings. The lowest BCUT2D eigenvalue weighted by Crippen LogP contribution is -2.40. The van der Waals surface area contributed by atoms with Crippen molar-refractivity contribution in [3.8, 4) is 0 Å². The highest BCUT2D eigenvalue weighted by Gasteiger charge is 2.24. The molecule has 1 N–H and O–H groups in total. The molecule has 1 fully saturated rings. The summed E-state index contributed by atoms with van der Waals surface area (Å²) in [4.78, 5) is 22.4. The number of fused-ring (bicyclic) bond motifs is 1. The van der Waals surface area contributed by atoms with Crippen molar-refractivity contribution in [1.29, 1.82) is 0 Å². The molecular weight excluding hydrogens is 400 g/mol. The summed E-state index contributed by atoms with van der Waals surface area (Å²) < 4.78 is 5.29. The summed E-state index contributed by atoms with van der Waals surface area (Å²) in [6.07, 6.45) is 6.65. The molecule has 0 saturated carbocycles. The van der Waals surface area contributed by atoms with Gasteiger partial charge in [-0.2, -0.15) is 0 Å². The normalized spacial score (nSPS) is 17.3. The van der Waals surface area contributed by atoms with Crippen LogP contribution in [0.1, 0.15) is 56.7 Å². The summed E-state index contributed by atoms with van der Waals surface area (Å²) in [6.45, 7) is 11.0. The van der Waals surface area contributed by atoms with Gasteiger partial charge in [-0.15, -0.1) is 0 Å². The Morgan fingerprint density at radius 2 is 2.06 bits per heavy atom. The monoisotopic (exact) mass is 432 g/mol. The predicted molar refractivity (Wildman–Crippen MR) is 128 cm³/mol. The van der Waals surface area contributed by atoms with Crippen LogP contribution in [0, 0.1) is 6.92 Å². The maximum atomic E-state index is 10.9. The van der Waals surface area contributed by atoms with Crippen molar-refractivity contribution in [3.63, 3.8) is 0 Å². The van der Waals surface area contributed by atoms with E-state index in [2.05, 4.69) is 67.2 Å². The zero-order valence-electron chi connectivity index (χ0n) is 19.4. The first-order valence-electron chi connectivity index (χ1n) is 11.3. The number of ether oxygens (including phenoxy) is 1. The van der Waals surface area contributed by atoms with Gasteiger partial charge in [-0.05, 0) is 66.5 Å². The molecule has 1 saturated heterocycles. The van der Waals surface area contributed by atoms with E-state index >= 15 is 0 Å². The second kappa shape index (κ2) is 9.25. The van der Waals surface area contributed by atoms with E-state index in [1.54, 1.807) is 0 Å². The van der Waals surface area contributed by atoms with Crippen molar-refractivity contribution in [2.45, 2.75) is 65.1 Å². The number of hydrogen-bond donors (Lipinski definition) is 1. The average molecular weight is 433 g/mol. The number of likely N-dealkylation sites (tertiary alicyclic amines) is 1. The number of anilines is 2. The zero-order valence-corrected chi connectivity index (χ0v) is 19.4. The summed E-state index contributed by atoms with van der Waals surface area (Å²) in [5.41, 5.74) is 5.60. The predicted octanol–water partition coefficient (Wildman–Crippen LogP) is 5.46. The molecule has 1 aliphatic heterocycles. The van der Waals surface area contributed by atoms with Gasteiger partial charge >= 0.3 is 0 Å². The first-order valence-corrected chi connectivity index (χ1v) is 11.3. The number of pyridine rings is 2. The van der Waals surface area contributed by atoms with Gasteiger partial charge in [-0.25, -0.2) is 4.98 Å². The quantitative estimate of drug-likeness (QED) is 0.522. The topological polar surface area (TPSA) is 67.3 Å². The van der Waals surface area contributed by atoms with Crippen LogP contribution in [0.25, 0.3) is 10.9 Å². The van der Waals surface area contributed by atoms with Crippen LogP contribution < -0.4 is 5.32 Å². The first-order chi connectivity index (χ1) is 15.4. The molecule has 3 aromatic rings. The number of nitrogens with one attached hydrogen (secondary N) is 1. The molecule has 6 nitrogen and oxygen atoms in total. The molecule has 2 aromatic heterocycles. The van der Waals surface area contributed by atoms with Gasteiger partial charge < -0.3 is 10.1 Å². The van der Waals surface area contributed by atoms with Gasteiger partial charge in [0, 0.05) is 36.6 Å². The fourth-order valence-electron chi connectivity index (χ4n) is 4.59. The highest BCUT2D eigenvalue weighted by Crippen LogP contribution is 2.32. The lowest BCUT2D eigenvalue weighted by Gasteiger charge is -2.33. The number of carbonyl (C=O) groups excluding carboxylic acids is 1. The molecule has 6 heteroatoms. The van der Waals surface area contributed by atoms with Crippen LogP contribution in [0.15, 0.2) is 42.7 Å². The number of carbonyl (C=O) groups is 1. The van der Waals surface area contributed by atoms with E-state index in [0.717, 1.165) is 53.8 Å². The van der Waals surface area contributed by atoms with Crippen LogP contribution in [0.5, 0.6) is 0 Å². The SMILES string of the molecule is Cc1c(Nc2nccc3cc(CN4CCCC[C@H]4OC=O)cnc23)cccc1C(C)(C)C. The van der Waals surface area contributed by atoms with Crippen molar-refractivity contribution in [3.05, 3.63) is 59.4 Å². The minimum absolute atomic E-state index is 0.0704. The molecule has 0 aliphatic carbocycles. The molecule has 0 amide bonds. The Bertz CT molecular complexity index is 1110. The van der Waals surface area contributed by atoms with Crippen LogP contribution in [0.4, 0.5) is 11.5 Å². The number of hydrogen-bond acceptors (Lipinski definition) is 6. The first kappa shape index (κ1) is 22.2. The third-order valence-electron chi connectivity index (χ3n) is 6.20. The van der Waals surface area contributed by atoms with Crippen LogP contribution in [0.3, 0.4) is 0 Å². The van der Waals surface area contributed by atoms with E-state index in [9.17, 15) is 4.79 Å². The fourth-order valence-corrected chi connectivity index (χ4v) is 4.59. The molecule has 1 atom stereocenters. The fraction of sp³-hybridized carbons (Fsp3) is 0.423. The van der Waals surface area contributed by atoms with Crippen LogP contribution in [-0.2, 0) is 21.5 Å². The van der Waals surface area contributed by atoms with E-state index in [-0.39, 0.29) is 11.6 Å². The molecule has 168 valence electrons. The lowest BCUT2D eigenvalue weighted by atomic mass is 9.83. The van der Waals surface area contributed by atoms with E-state index in [1.807, 2.05) is 18.5 Å². The number of aromatic nitrogens is 2. The Hall–Kier alpha value is -2.99. The number of piperidine rings is 1. The molecule has 1 aromatic carbocycles. The van der Waals surface area contributed by atoms with E-state index in [0.29, 0.717) is 13.0 Å². The summed E-state index contributed by atoms with van der Waals surface area (Å²) in [6, 6.07) is 10.5.